The number of hydrogen-bond acceptors (Lipinski definition) is 3. The second-order valence-corrected chi connectivity index (χ2v) is 7.82. The van der Waals surface area contributed by atoms with Crippen molar-refractivity contribution in [2.45, 2.75) is 109 Å². The highest BCUT2D eigenvalue weighted by Gasteiger charge is 2.16. The summed E-state index contributed by atoms with van der Waals surface area (Å²) in [6, 6.07) is -0.585. The second kappa shape index (κ2) is 19.8. The fourth-order valence-electron chi connectivity index (χ4n) is 3.04. The van der Waals surface area contributed by atoms with Gasteiger partial charge in [0.15, 0.2) is 0 Å². The fourth-order valence-corrected chi connectivity index (χ4v) is 3.30. The SMILES string of the molecule is CCCCCCCC/C=C/CCCCCCCC(=O)NC(CCS)C(N)=O. The summed E-state index contributed by atoms with van der Waals surface area (Å²) in [4.78, 5) is 23.0. The van der Waals surface area contributed by atoms with Gasteiger partial charge in [0.1, 0.15) is 6.04 Å². The molecule has 0 aliphatic carbocycles. The zero-order chi connectivity index (χ0) is 20.2. The Morgan fingerprint density at radius 1 is 0.889 bits per heavy atom. The number of rotatable bonds is 19. The third-order valence-electron chi connectivity index (χ3n) is 4.76. The van der Waals surface area contributed by atoms with Gasteiger partial charge in [0.2, 0.25) is 11.8 Å². The lowest BCUT2D eigenvalue weighted by molar-refractivity contribution is -0.127. The topological polar surface area (TPSA) is 72.2 Å². The number of hydrogen-bond donors (Lipinski definition) is 3. The molecule has 1 unspecified atom stereocenters. The average Bonchev–Trinajstić information content (AvgIpc) is 2.64. The van der Waals surface area contributed by atoms with Crippen LogP contribution in [0.1, 0.15) is 103 Å². The van der Waals surface area contributed by atoms with Crippen molar-refractivity contribution in [3.8, 4) is 0 Å². The van der Waals surface area contributed by atoms with E-state index < -0.39 is 11.9 Å². The van der Waals surface area contributed by atoms with E-state index in [1.807, 2.05) is 0 Å². The van der Waals surface area contributed by atoms with Crippen molar-refractivity contribution in [1.29, 1.82) is 0 Å². The Kier molecular flexibility index (Phi) is 19.1. The first-order chi connectivity index (χ1) is 13.1. The van der Waals surface area contributed by atoms with Gasteiger partial charge < -0.3 is 11.1 Å². The van der Waals surface area contributed by atoms with Crippen molar-refractivity contribution in [3.05, 3.63) is 12.2 Å². The predicted molar refractivity (Wildman–Crippen MR) is 119 cm³/mol. The van der Waals surface area contributed by atoms with E-state index in [4.69, 9.17) is 5.73 Å². The summed E-state index contributed by atoms with van der Waals surface area (Å²) < 4.78 is 0. The number of allylic oxidation sites excluding steroid dienone is 2. The molecule has 0 aliphatic rings. The van der Waals surface area contributed by atoms with Gasteiger partial charge in [0.25, 0.3) is 0 Å². The smallest absolute Gasteiger partial charge is 0.240 e. The highest BCUT2D eigenvalue weighted by Crippen LogP contribution is 2.10. The highest BCUT2D eigenvalue weighted by molar-refractivity contribution is 7.80. The Morgan fingerprint density at radius 2 is 1.41 bits per heavy atom. The van der Waals surface area contributed by atoms with E-state index in [1.54, 1.807) is 0 Å². The summed E-state index contributed by atoms with van der Waals surface area (Å²) >= 11 is 4.08. The van der Waals surface area contributed by atoms with Crippen LogP contribution < -0.4 is 11.1 Å². The number of nitrogens with two attached hydrogens (primary N) is 1. The molecule has 0 radical (unpaired) electrons. The number of thiol groups is 1. The van der Waals surface area contributed by atoms with Crippen LogP contribution in [0.2, 0.25) is 0 Å². The first kappa shape index (κ1) is 26.0. The molecule has 2 amide bonds. The summed E-state index contributed by atoms with van der Waals surface area (Å²) in [7, 11) is 0. The standard InChI is InChI=1S/C22H42N2O2S/c1-2-3-4-5-6-7-8-9-10-11-12-13-14-15-16-17-21(25)24-20(18-19-27)22(23)26/h9-10,20,27H,2-8,11-19H2,1H3,(H2,23,26)(H,24,25)/b10-9+. The number of carbonyl (C=O) groups is 2. The van der Waals surface area contributed by atoms with Gasteiger partial charge in [-0.1, -0.05) is 70.4 Å². The molecule has 0 saturated heterocycles. The number of carbonyl (C=O) groups excluding carboxylic acids is 2. The molecule has 0 aromatic carbocycles. The Morgan fingerprint density at radius 3 is 1.93 bits per heavy atom. The molecule has 0 aromatic rings. The molecule has 0 saturated carbocycles. The number of primary amides is 1. The molecular weight excluding hydrogens is 356 g/mol. The molecule has 0 aromatic heterocycles. The summed E-state index contributed by atoms with van der Waals surface area (Å²) in [5.74, 6) is -0.0402. The minimum atomic E-state index is -0.585. The zero-order valence-corrected chi connectivity index (χ0v) is 18.3. The highest BCUT2D eigenvalue weighted by atomic mass is 32.1. The van der Waals surface area contributed by atoms with E-state index >= 15 is 0 Å². The zero-order valence-electron chi connectivity index (χ0n) is 17.4. The third kappa shape index (κ3) is 18.2. The van der Waals surface area contributed by atoms with Crippen LogP contribution in [-0.4, -0.2) is 23.6 Å². The molecule has 0 spiro atoms. The lowest BCUT2D eigenvalue weighted by Crippen LogP contribution is -2.44. The Bertz CT molecular complexity index is 400. The van der Waals surface area contributed by atoms with Gasteiger partial charge in [0.05, 0.1) is 0 Å². The molecule has 5 heteroatoms. The largest absolute Gasteiger partial charge is 0.368 e. The predicted octanol–water partition coefficient (Wildman–Crippen LogP) is 5.31. The van der Waals surface area contributed by atoms with Crippen LogP contribution in [-0.2, 0) is 9.59 Å². The van der Waals surface area contributed by atoms with Gasteiger partial charge in [0, 0.05) is 6.42 Å². The van der Waals surface area contributed by atoms with Crippen LogP contribution in [0.5, 0.6) is 0 Å². The minimum absolute atomic E-state index is 0.0850. The number of amides is 2. The van der Waals surface area contributed by atoms with Crippen molar-refractivity contribution < 1.29 is 9.59 Å². The molecular formula is C22H42N2O2S. The van der Waals surface area contributed by atoms with Gasteiger partial charge in [-0.2, -0.15) is 12.6 Å². The third-order valence-corrected chi connectivity index (χ3v) is 5.02. The van der Waals surface area contributed by atoms with Crippen LogP contribution in [0.3, 0.4) is 0 Å². The van der Waals surface area contributed by atoms with E-state index in [9.17, 15) is 9.59 Å². The summed E-state index contributed by atoms with van der Waals surface area (Å²) in [6.45, 7) is 2.26. The maximum absolute atomic E-state index is 11.8. The average molecular weight is 399 g/mol. The lowest BCUT2D eigenvalue weighted by atomic mass is 10.1. The van der Waals surface area contributed by atoms with Crippen molar-refractivity contribution in [2.75, 3.05) is 5.75 Å². The van der Waals surface area contributed by atoms with Crippen LogP contribution in [0.4, 0.5) is 0 Å². The van der Waals surface area contributed by atoms with E-state index in [0.29, 0.717) is 18.6 Å². The Labute approximate surface area is 172 Å². The van der Waals surface area contributed by atoms with E-state index in [0.717, 1.165) is 19.3 Å². The first-order valence-electron chi connectivity index (χ1n) is 11.0. The number of nitrogens with one attached hydrogen (secondary N) is 1. The molecule has 4 nitrogen and oxygen atoms in total. The van der Waals surface area contributed by atoms with E-state index in [1.165, 1.54) is 64.2 Å². The van der Waals surface area contributed by atoms with Gasteiger partial charge in [-0.05, 0) is 44.3 Å². The van der Waals surface area contributed by atoms with Crippen LogP contribution in [0.25, 0.3) is 0 Å². The van der Waals surface area contributed by atoms with Crippen LogP contribution in [0, 0.1) is 0 Å². The van der Waals surface area contributed by atoms with Gasteiger partial charge >= 0.3 is 0 Å². The lowest BCUT2D eigenvalue weighted by Gasteiger charge is -2.14. The molecule has 27 heavy (non-hydrogen) atoms. The molecule has 0 fully saturated rings. The van der Waals surface area contributed by atoms with Gasteiger partial charge in [-0.15, -0.1) is 0 Å². The van der Waals surface area contributed by atoms with E-state index in [2.05, 4.69) is 37.0 Å². The maximum atomic E-state index is 11.8. The molecule has 3 N–H and O–H groups in total. The van der Waals surface area contributed by atoms with Crippen molar-refractivity contribution in [1.82, 2.24) is 5.32 Å². The Hall–Kier alpha value is -0.970. The van der Waals surface area contributed by atoms with Crippen molar-refractivity contribution in [3.63, 3.8) is 0 Å². The van der Waals surface area contributed by atoms with Gasteiger partial charge in [-0.25, -0.2) is 0 Å². The quantitative estimate of drug-likeness (QED) is 0.157. The molecule has 0 bridgehead atoms. The molecule has 0 rings (SSSR count). The van der Waals surface area contributed by atoms with E-state index in [-0.39, 0.29) is 5.91 Å². The number of unbranched alkanes of at least 4 members (excludes halogenated alkanes) is 11. The minimum Gasteiger partial charge on any atom is -0.368 e. The summed E-state index contributed by atoms with van der Waals surface area (Å²) in [5.41, 5.74) is 5.26. The van der Waals surface area contributed by atoms with Crippen molar-refractivity contribution >= 4 is 24.4 Å². The molecule has 0 heterocycles. The molecule has 158 valence electrons. The summed E-state index contributed by atoms with van der Waals surface area (Å²) in [5, 5.41) is 2.70. The van der Waals surface area contributed by atoms with Crippen LogP contribution in [0.15, 0.2) is 12.2 Å². The first-order valence-corrected chi connectivity index (χ1v) is 11.6. The second-order valence-electron chi connectivity index (χ2n) is 7.37. The summed E-state index contributed by atoms with van der Waals surface area (Å²) in [6.07, 6.45) is 21.7. The monoisotopic (exact) mass is 398 g/mol. The normalized spacial score (nSPS) is 12.4. The fraction of sp³-hybridized carbons (Fsp3) is 0.818. The molecule has 1 atom stereocenters. The maximum Gasteiger partial charge on any atom is 0.240 e. The van der Waals surface area contributed by atoms with Crippen molar-refractivity contribution in [2.24, 2.45) is 5.73 Å². The molecule has 0 aliphatic heterocycles. The van der Waals surface area contributed by atoms with Gasteiger partial charge in [-0.3, -0.25) is 9.59 Å². The Balaban J connectivity index is 3.42. The van der Waals surface area contributed by atoms with Crippen LogP contribution >= 0.6 is 12.6 Å².